The van der Waals surface area contributed by atoms with Gasteiger partial charge in [0.2, 0.25) is 0 Å². The molecule has 3 N–H and O–H groups in total. The van der Waals surface area contributed by atoms with E-state index in [9.17, 15) is 14.0 Å². The van der Waals surface area contributed by atoms with Gasteiger partial charge in [-0.2, -0.15) is 0 Å². The average molecular weight is 513 g/mol. The number of carbonyl (C=O) groups is 2. The topological polar surface area (TPSA) is 104 Å². The molecule has 0 aliphatic carbocycles. The lowest BCUT2D eigenvalue weighted by molar-refractivity contribution is -0.136. The van der Waals surface area contributed by atoms with Crippen molar-refractivity contribution < 1.29 is 19.1 Å². The highest BCUT2D eigenvalue weighted by Gasteiger charge is 2.14. The zero-order valence-corrected chi connectivity index (χ0v) is 20.3. The van der Waals surface area contributed by atoms with E-state index in [1.807, 2.05) is 41.8 Å². The van der Waals surface area contributed by atoms with Gasteiger partial charge in [-0.15, -0.1) is 11.3 Å². The van der Waals surface area contributed by atoms with Crippen molar-refractivity contribution in [3.05, 3.63) is 95.9 Å². The fourth-order valence-electron chi connectivity index (χ4n) is 3.93. The first-order valence-corrected chi connectivity index (χ1v) is 12.3. The molecule has 0 saturated carbocycles. The molecule has 0 bridgehead atoms. The second-order valence-electron chi connectivity index (χ2n) is 8.31. The number of aromatic nitrogens is 2. The fourth-order valence-corrected chi connectivity index (χ4v) is 4.97. The smallest absolute Gasteiger partial charge is 0.323 e. The largest absolute Gasteiger partial charge is 0.481 e. The molecule has 2 aromatic heterocycles. The molecule has 3 aromatic carbocycles. The number of carbonyl (C=O) groups excluding carboxylic acids is 1. The summed E-state index contributed by atoms with van der Waals surface area (Å²) >= 11 is 1.55. The van der Waals surface area contributed by atoms with Crippen LogP contribution in [0.2, 0.25) is 0 Å². The van der Waals surface area contributed by atoms with Crippen LogP contribution in [0, 0.1) is 5.82 Å². The number of anilines is 2. The Bertz CT molecular complexity index is 1580. The van der Waals surface area contributed by atoms with Crippen LogP contribution in [-0.2, 0) is 11.2 Å². The summed E-state index contributed by atoms with van der Waals surface area (Å²) in [4.78, 5) is 32.1. The van der Waals surface area contributed by atoms with Crippen LogP contribution in [0.5, 0.6) is 0 Å². The Morgan fingerprint density at radius 2 is 1.62 bits per heavy atom. The highest BCUT2D eigenvalue weighted by atomic mass is 32.1. The van der Waals surface area contributed by atoms with E-state index in [1.54, 1.807) is 29.5 Å². The molecule has 0 atom stereocenters. The number of hydrogen-bond donors (Lipinski definition) is 3. The van der Waals surface area contributed by atoms with Gasteiger partial charge in [-0.3, -0.25) is 4.79 Å². The lowest BCUT2D eigenvalue weighted by atomic mass is 10.0. The predicted molar refractivity (Wildman–Crippen MR) is 143 cm³/mol. The number of aliphatic carboxylic acids is 1. The van der Waals surface area contributed by atoms with Gasteiger partial charge in [0.15, 0.2) is 0 Å². The second kappa shape index (κ2) is 10.5. The third-order valence-corrected chi connectivity index (χ3v) is 6.72. The number of amides is 2. The van der Waals surface area contributed by atoms with Gasteiger partial charge in [0, 0.05) is 34.3 Å². The summed E-state index contributed by atoms with van der Waals surface area (Å²) in [7, 11) is 0. The molecule has 0 aliphatic heterocycles. The Balaban J connectivity index is 1.33. The first-order valence-electron chi connectivity index (χ1n) is 11.4. The summed E-state index contributed by atoms with van der Waals surface area (Å²) in [5, 5.41) is 16.3. The van der Waals surface area contributed by atoms with Crippen molar-refractivity contribution in [3.8, 4) is 22.4 Å². The molecule has 184 valence electrons. The molecule has 5 aromatic rings. The number of halogens is 1. The summed E-state index contributed by atoms with van der Waals surface area (Å²) in [6.45, 7) is 0. The van der Waals surface area contributed by atoms with Crippen molar-refractivity contribution in [2.45, 2.75) is 12.8 Å². The number of nitrogens with one attached hydrogen (secondary N) is 2. The number of thiophene rings is 1. The molecule has 9 heteroatoms. The van der Waals surface area contributed by atoms with Crippen LogP contribution in [0.1, 0.15) is 12.0 Å². The highest BCUT2D eigenvalue weighted by molar-refractivity contribution is 7.18. The van der Waals surface area contributed by atoms with Crippen molar-refractivity contribution >= 4 is 44.9 Å². The number of urea groups is 1. The molecule has 0 fully saturated rings. The Hall–Kier alpha value is -4.63. The van der Waals surface area contributed by atoms with Crippen LogP contribution >= 0.6 is 11.3 Å². The van der Waals surface area contributed by atoms with Crippen molar-refractivity contribution in [3.63, 3.8) is 0 Å². The van der Waals surface area contributed by atoms with Gasteiger partial charge in [-0.25, -0.2) is 19.2 Å². The van der Waals surface area contributed by atoms with Crippen LogP contribution in [0.3, 0.4) is 0 Å². The Labute approximate surface area is 215 Å². The van der Waals surface area contributed by atoms with Gasteiger partial charge < -0.3 is 15.7 Å². The number of hydrogen-bond acceptors (Lipinski definition) is 5. The predicted octanol–water partition coefficient (Wildman–Crippen LogP) is 6.83. The summed E-state index contributed by atoms with van der Waals surface area (Å²) in [6.07, 6.45) is 2.13. The van der Waals surface area contributed by atoms with E-state index >= 15 is 0 Å². The molecule has 0 unspecified atom stereocenters. The van der Waals surface area contributed by atoms with E-state index in [0.717, 1.165) is 38.2 Å². The molecule has 5 rings (SSSR count). The molecule has 7 nitrogen and oxygen atoms in total. The molecular weight excluding hydrogens is 491 g/mol. The average Bonchev–Trinajstić information content (AvgIpc) is 3.33. The third kappa shape index (κ3) is 5.62. The number of carboxylic acids is 1. The number of aryl methyl sites for hydroxylation is 1. The van der Waals surface area contributed by atoms with E-state index in [4.69, 9.17) is 5.11 Å². The zero-order chi connectivity index (χ0) is 25.8. The number of nitrogens with zero attached hydrogens (tertiary/aromatic N) is 2. The standard InChI is InChI=1S/C28H21FN4O3S/c29-20-2-1-3-22(14-20)33-28(36)32-21-11-9-19(10-12-21)25-27-26(31-16-30-25)23(15-37-27)18-7-4-17(5-8-18)6-13-24(34)35/h1-5,7-12,14-16H,6,13H2,(H,34,35)(H2,32,33,36). The Morgan fingerprint density at radius 1 is 0.892 bits per heavy atom. The summed E-state index contributed by atoms with van der Waals surface area (Å²) in [5.74, 6) is -1.24. The first kappa shape index (κ1) is 24.1. The second-order valence-corrected chi connectivity index (χ2v) is 9.19. The molecule has 0 radical (unpaired) electrons. The van der Waals surface area contributed by atoms with Gasteiger partial charge in [0.1, 0.15) is 12.1 Å². The fraction of sp³-hybridized carbons (Fsp3) is 0.0714. The molecular formula is C28H21FN4O3S. The number of carboxylic acid groups (broad SMARTS) is 1. The number of rotatable bonds is 7. The normalized spacial score (nSPS) is 10.8. The molecule has 2 amide bonds. The molecule has 0 saturated heterocycles. The van der Waals surface area contributed by atoms with Crippen LogP contribution in [0.15, 0.2) is 84.5 Å². The summed E-state index contributed by atoms with van der Waals surface area (Å²) in [5.41, 5.74) is 6.40. The van der Waals surface area contributed by atoms with Crippen LogP contribution < -0.4 is 10.6 Å². The Kier molecular flexibility index (Phi) is 6.87. The van der Waals surface area contributed by atoms with Gasteiger partial charge in [-0.1, -0.05) is 42.5 Å². The molecule has 0 spiro atoms. The quantitative estimate of drug-likeness (QED) is 0.222. The molecule has 37 heavy (non-hydrogen) atoms. The van der Waals surface area contributed by atoms with E-state index in [2.05, 4.69) is 20.6 Å². The van der Waals surface area contributed by atoms with E-state index in [1.165, 1.54) is 24.5 Å². The first-order chi connectivity index (χ1) is 18.0. The zero-order valence-electron chi connectivity index (χ0n) is 19.4. The maximum Gasteiger partial charge on any atom is 0.323 e. The monoisotopic (exact) mass is 512 g/mol. The summed E-state index contributed by atoms with van der Waals surface area (Å²) < 4.78 is 14.3. The van der Waals surface area contributed by atoms with Crippen LogP contribution in [0.4, 0.5) is 20.6 Å². The minimum Gasteiger partial charge on any atom is -0.481 e. The number of fused-ring (bicyclic) bond motifs is 1. The lowest BCUT2D eigenvalue weighted by Gasteiger charge is -2.09. The van der Waals surface area contributed by atoms with Crippen LogP contribution in [-0.4, -0.2) is 27.1 Å². The van der Waals surface area contributed by atoms with Gasteiger partial charge in [0.05, 0.1) is 15.9 Å². The van der Waals surface area contributed by atoms with Crippen LogP contribution in [0.25, 0.3) is 32.6 Å². The minimum absolute atomic E-state index is 0.101. The van der Waals surface area contributed by atoms with Crippen molar-refractivity contribution in [2.24, 2.45) is 0 Å². The van der Waals surface area contributed by atoms with Crippen molar-refractivity contribution in [1.29, 1.82) is 0 Å². The SMILES string of the molecule is O=C(O)CCc1ccc(-c2csc3c(-c4ccc(NC(=O)Nc5cccc(F)c5)cc4)ncnc23)cc1. The van der Waals surface area contributed by atoms with Gasteiger partial charge in [-0.05, 0) is 47.9 Å². The third-order valence-electron chi connectivity index (χ3n) is 5.74. The van der Waals surface area contributed by atoms with E-state index in [-0.39, 0.29) is 6.42 Å². The van der Waals surface area contributed by atoms with E-state index in [0.29, 0.717) is 17.8 Å². The number of benzene rings is 3. The Morgan fingerprint density at radius 3 is 2.35 bits per heavy atom. The van der Waals surface area contributed by atoms with Gasteiger partial charge >= 0.3 is 12.0 Å². The minimum atomic E-state index is -0.812. The maximum atomic E-state index is 13.3. The lowest BCUT2D eigenvalue weighted by Crippen LogP contribution is -2.19. The maximum absolute atomic E-state index is 13.3. The summed E-state index contributed by atoms with van der Waals surface area (Å²) in [6, 6.07) is 20.4. The van der Waals surface area contributed by atoms with Crippen molar-refractivity contribution in [2.75, 3.05) is 10.6 Å². The molecule has 2 heterocycles. The van der Waals surface area contributed by atoms with Gasteiger partial charge in [0.25, 0.3) is 0 Å². The van der Waals surface area contributed by atoms with Crippen molar-refractivity contribution in [1.82, 2.24) is 9.97 Å². The van der Waals surface area contributed by atoms with E-state index < -0.39 is 17.8 Å². The highest BCUT2D eigenvalue weighted by Crippen LogP contribution is 2.37. The molecule has 0 aliphatic rings.